The summed E-state index contributed by atoms with van der Waals surface area (Å²) in [6, 6.07) is 0. The Bertz CT molecular complexity index is 284. The third-order valence-corrected chi connectivity index (χ3v) is 3.92. The first-order chi connectivity index (χ1) is 7.98. The normalized spacial score (nSPS) is 19.9. The predicted molar refractivity (Wildman–Crippen MR) is 65.6 cm³/mol. The largest absolute Gasteiger partial charge is 0.481 e. The zero-order valence-corrected chi connectivity index (χ0v) is 10.8. The fourth-order valence-electron chi connectivity index (χ4n) is 2.19. The van der Waals surface area contributed by atoms with Crippen molar-refractivity contribution in [3.05, 3.63) is 0 Å². The Hall–Kier alpha value is -1.06. The molecule has 17 heavy (non-hydrogen) atoms. The monoisotopic (exact) mass is 241 g/mol. The molecule has 0 saturated heterocycles. The summed E-state index contributed by atoms with van der Waals surface area (Å²) in [7, 11) is 0. The van der Waals surface area contributed by atoms with Crippen LogP contribution in [0.1, 0.15) is 52.4 Å². The van der Waals surface area contributed by atoms with Crippen molar-refractivity contribution in [2.24, 2.45) is 11.3 Å². The van der Waals surface area contributed by atoms with Crippen LogP contribution in [0.4, 0.5) is 0 Å². The molecule has 2 N–H and O–H groups in total. The summed E-state index contributed by atoms with van der Waals surface area (Å²) in [5, 5.41) is 11.8. The van der Waals surface area contributed by atoms with Gasteiger partial charge in [-0.05, 0) is 32.1 Å². The average Bonchev–Trinajstić information content (AvgIpc) is 2.78. The zero-order chi connectivity index (χ0) is 12.9. The summed E-state index contributed by atoms with van der Waals surface area (Å²) in [4.78, 5) is 22.7. The molecule has 0 aromatic rings. The van der Waals surface area contributed by atoms with Gasteiger partial charge in [0, 0.05) is 13.0 Å². The third-order valence-electron chi connectivity index (χ3n) is 3.92. The highest BCUT2D eigenvalue weighted by molar-refractivity contribution is 5.79. The van der Waals surface area contributed by atoms with Crippen LogP contribution >= 0.6 is 0 Å². The molecular weight excluding hydrogens is 218 g/mol. The second-order valence-electron chi connectivity index (χ2n) is 5.35. The first kappa shape index (κ1) is 14.0. The fourth-order valence-corrected chi connectivity index (χ4v) is 2.19. The van der Waals surface area contributed by atoms with Crippen LogP contribution in [0.15, 0.2) is 0 Å². The molecule has 4 heteroatoms. The van der Waals surface area contributed by atoms with Crippen LogP contribution in [-0.4, -0.2) is 23.5 Å². The van der Waals surface area contributed by atoms with Crippen molar-refractivity contribution in [2.75, 3.05) is 6.54 Å². The van der Waals surface area contributed by atoms with Gasteiger partial charge in [-0.15, -0.1) is 0 Å². The molecule has 1 unspecified atom stereocenters. The molecule has 4 nitrogen and oxygen atoms in total. The van der Waals surface area contributed by atoms with E-state index in [1.54, 1.807) is 6.92 Å². The highest BCUT2D eigenvalue weighted by atomic mass is 16.4. The van der Waals surface area contributed by atoms with Gasteiger partial charge in [0.15, 0.2) is 0 Å². The van der Waals surface area contributed by atoms with Crippen molar-refractivity contribution in [1.29, 1.82) is 0 Å². The minimum Gasteiger partial charge on any atom is -0.481 e. The molecule has 1 aliphatic carbocycles. The van der Waals surface area contributed by atoms with Gasteiger partial charge in [-0.1, -0.05) is 19.8 Å². The smallest absolute Gasteiger partial charge is 0.311 e. The Kier molecular flexibility index (Phi) is 4.97. The Morgan fingerprint density at radius 2 is 1.94 bits per heavy atom. The lowest BCUT2D eigenvalue weighted by atomic mass is 9.87. The topological polar surface area (TPSA) is 66.4 Å². The van der Waals surface area contributed by atoms with Gasteiger partial charge in [0.05, 0.1) is 5.41 Å². The SMILES string of the molecule is CCC(C)(CNC(=O)CC1CCCC1)C(=O)O. The van der Waals surface area contributed by atoms with E-state index in [-0.39, 0.29) is 12.5 Å². The summed E-state index contributed by atoms with van der Waals surface area (Å²) < 4.78 is 0. The zero-order valence-electron chi connectivity index (χ0n) is 10.8. The second-order valence-corrected chi connectivity index (χ2v) is 5.35. The van der Waals surface area contributed by atoms with Crippen LogP contribution in [0.2, 0.25) is 0 Å². The number of nitrogens with one attached hydrogen (secondary N) is 1. The van der Waals surface area contributed by atoms with Gasteiger partial charge >= 0.3 is 5.97 Å². The Morgan fingerprint density at radius 1 is 1.35 bits per heavy atom. The highest BCUT2D eigenvalue weighted by Gasteiger charge is 2.31. The third kappa shape index (κ3) is 4.02. The number of carbonyl (C=O) groups excluding carboxylic acids is 1. The molecule has 1 saturated carbocycles. The average molecular weight is 241 g/mol. The standard InChI is InChI=1S/C13H23NO3/c1-3-13(2,12(16)17)9-14-11(15)8-10-6-4-5-7-10/h10H,3-9H2,1-2H3,(H,14,15)(H,16,17). The number of aliphatic carboxylic acids is 1. The molecule has 1 rings (SSSR count). The number of carboxylic acid groups (broad SMARTS) is 1. The molecule has 0 bridgehead atoms. The van der Waals surface area contributed by atoms with E-state index in [0.29, 0.717) is 18.8 Å². The van der Waals surface area contributed by atoms with Crippen LogP contribution < -0.4 is 5.32 Å². The van der Waals surface area contributed by atoms with Gasteiger partial charge < -0.3 is 10.4 Å². The first-order valence-corrected chi connectivity index (χ1v) is 6.48. The molecule has 0 radical (unpaired) electrons. The maximum Gasteiger partial charge on any atom is 0.311 e. The van der Waals surface area contributed by atoms with Gasteiger partial charge in [0.1, 0.15) is 0 Å². The lowest BCUT2D eigenvalue weighted by Gasteiger charge is -2.23. The van der Waals surface area contributed by atoms with E-state index in [1.807, 2.05) is 6.92 Å². The van der Waals surface area contributed by atoms with E-state index in [2.05, 4.69) is 5.32 Å². The van der Waals surface area contributed by atoms with Gasteiger partial charge in [-0.2, -0.15) is 0 Å². The molecule has 1 atom stereocenters. The molecular formula is C13H23NO3. The van der Waals surface area contributed by atoms with Crippen molar-refractivity contribution in [3.8, 4) is 0 Å². The van der Waals surface area contributed by atoms with Crippen molar-refractivity contribution < 1.29 is 14.7 Å². The fraction of sp³-hybridized carbons (Fsp3) is 0.846. The van der Waals surface area contributed by atoms with E-state index in [0.717, 1.165) is 12.8 Å². The van der Waals surface area contributed by atoms with Crippen LogP contribution in [0.25, 0.3) is 0 Å². The van der Waals surface area contributed by atoms with Gasteiger partial charge in [0.2, 0.25) is 5.91 Å². The maximum absolute atomic E-state index is 11.7. The molecule has 98 valence electrons. The van der Waals surface area contributed by atoms with E-state index in [1.165, 1.54) is 12.8 Å². The predicted octanol–water partition coefficient (Wildman–Crippen LogP) is 2.18. The van der Waals surface area contributed by atoms with Crippen molar-refractivity contribution in [2.45, 2.75) is 52.4 Å². The number of rotatable bonds is 6. The van der Waals surface area contributed by atoms with E-state index >= 15 is 0 Å². The van der Waals surface area contributed by atoms with Crippen LogP contribution in [-0.2, 0) is 9.59 Å². The number of hydrogen-bond donors (Lipinski definition) is 2. The van der Waals surface area contributed by atoms with Gasteiger partial charge in [-0.3, -0.25) is 9.59 Å². The molecule has 1 amide bonds. The van der Waals surface area contributed by atoms with Crippen molar-refractivity contribution >= 4 is 11.9 Å². The number of amides is 1. The molecule has 0 aromatic heterocycles. The molecule has 1 aliphatic rings. The van der Waals surface area contributed by atoms with Crippen molar-refractivity contribution in [3.63, 3.8) is 0 Å². The lowest BCUT2D eigenvalue weighted by Crippen LogP contribution is -2.40. The minimum absolute atomic E-state index is 0.00201. The van der Waals surface area contributed by atoms with Crippen molar-refractivity contribution in [1.82, 2.24) is 5.32 Å². The first-order valence-electron chi connectivity index (χ1n) is 6.48. The van der Waals surface area contributed by atoms with Crippen LogP contribution in [0.3, 0.4) is 0 Å². The Balaban J connectivity index is 2.33. The summed E-state index contributed by atoms with van der Waals surface area (Å²) in [5.74, 6) is -0.341. The van der Waals surface area contributed by atoms with Crippen LogP contribution in [0.5, 0.6) is 0 Å². The summed E-state index contributed by atoms with van der Waals surface area (Å²) >= 11 is 0. The molecule has 0 spiro atoms. The number of carboxylic acids is 1. The molecule has 0 heterocycles. The van der Waals surface area contributed by atoms with Crippen LogP contribution in [0, 0.1) is 11.3 Å². The molecule has 0 aliphatic heterocycles. The summed E-state index contributed by atoms with van der Waals surface area (Å²) in [6.45, 7) is 3.73. The summed E-state index contributed by atoms with van der Waals surface area (Å²) in [6.07, 6.45) is 5.79. The van der Waals surface area contributed by atoms with Gasteiger partial charge in [0.25, 0.3) is 0 Å². The number of hydrogen-bond acceptors (Lipinski definition) is 2. The lowest BCUT2D eigenvalue weighted by molar-refractivity contribution is -0.148. The summed E-state index contributed by atoms with van der Waals surface area (Å²) in [5.41, 5.74) is -0.842. The number of carbonyl (C=O) groups is 2. The minimum atomic E-state index is -0.846. The van der Waals surface area contributed by atoms with Gasteiger partial charge in [-0.25, -0.2) is 0 Å². The Labute approximate surface area is 103 Å². The Morgan fingerprint density at radius 3 is 2.41 bits per heavy atom. The quantitative estimate of drug-likeness (QED) is 0.749. The molecule has 0 aromatic carbocycles. The highest BCUT2D eigenvalue weighted by Crippen LogP contribution is 2.27. The van der Waals surface area contributed by atoms with E-state index < -0.39 is 11.4 Å². The second kappa shape index (κ2) is 6.03. The van der Waals surface area contributed by atoms with E-state index in [9.17, 15) is 9.59 Å². The molecule has 1 fully saturated rings. The maximum atomic E-state index is 11.7. The van der Waals surface area contributed by atoms with E-state index in [4.69, 9.17) is 5.11 Å².